The summed E-state index contributed by atoms with van der Waals surface area (Å²) >= 11 is 0. The largest absolute Gasteiger partial charge is 0.505 e. The fourth-order valence-corrected chi connectivity index (χ4v) is 2.42. The van der Waals surface area contributed by atoms with Gasteiger partial charge in [-0.15, -0.1) is 0 Å². The molecule has 0 amide bonds. The topological polar surface area (TPSA) is 35.5 Å². The van der Waals surface area contributed by atoms with Crippen LogP contribution in [-0.2, 0) is 0 Å². The van der Waals surface area contributed by atoms with Crippen molar-refractivity contribution in [3.63, 3.8) is 0 Å². The predicted octanol–water partition coefficient (Wildman–Crippen LogP) is 2.35. The number of aryl methyl sites for hydroxylation is 1. The minimum Gasteiger partial charge on any atom is -0.505 e. The van der Waals surface area contributed by atoms with Gasteiger partial charge in [0.2, 0.25) is 0 Å². The summed E-state index contributed by atoms with van der Waals surface area (Å²) in [5.74, 6) is -1.90. The summed E-state index contributed by atoms with van der Waals surface area (Å²) < 4.78 is 53.6. The lowest BCUT2D eigenvalue weighted by Gasteiger charge is -2.36. The summed E-state index contributed by atoms with van der Waals surface area (Å²) in [6, 6.07) is 0.416. The zero-order valence-electron chi connectivity index (χ0n) is 11.0. The number of nitrogens with zero attached hydrogens (tertiary/aromatic N) is 1. The van der Waals surface area contributed by atoms with E-state index in [0.29, 0.717) is 13.1 Å². The summed E-state index contributed by atoms with van der Waals surface area (Å²) in [6.45, 7) is 2.65. The molecule has 0 aliphatic carbocycles. The molecule has 0 unspecified atom stereocenters. The Labute approximate surface area is 114 Å². The highest BCUT2D eigenvalue weighted by Crippen LogP contribution is 2.42. The molecule has 3 nitrogen and oxygen atoms in total. The highest BCUT2D eigenvalue weighted by atomic mass is 19.4. The van der Waals surface area contributed by atoms with Gasteiger partial charge in [-0.05, 0) is 12.5 Å². The second-order valence-corrected chi connectivity index (χ2v) is 4.86. The maximum atomic E-state index is 13.7. The smallest absolute Gasteiger partial charge is 0.408 e. The zero-order valence-corrected chi connectivity index (χ0v) is 11.0. The van der Waals surface area contributed by atoms with Gasteiger partial charge in [-0.1, -0.05) is 12.1 Å². The Bertz CT molecular complexity index is 484. The van der Waals surface area contributed by atoms with Crippen molar-refractivity contribution in [1.29, 1.82) is 0 Å². The van der Waals surface area contributed by atoms with Crippen LogP contribution in [0.2, 0.25) is 0 Å². The highest BCUT2D eigenvalue weighted by Gasteiger charge is 2.46. The normalized spacial score (nSPS) is 19.1. The first-order chi connectivity index (χ1) is 9.32. The highest BCUT2D eigenvalue weighted by molar-refractivity contribution is 5.40. The predicted molar refractivity (Wildman–Crippen MR) is 66.0 cm³/mol. The van der Waals surface area contributed by atoms with Crippen molar-refractivity contribution in [3.05, 3.63) is 29.1 Å². The minimum absolute atomic E-state index is 0.118. The van der Waals surface area contributed by atoms with Crippen molar-refractivity contribution in [1.82, 2.24) is 10.2 Å². The lowest BCUT2D eigenvalue weighted by atomic mass is 10.0. The number of nitrogens with one attached hydrogen (secondary N) is 1. The van der Waals surface area contributed by atoms with Gasteiger partial charge in [-0.3, -0.25) is 4.90 Å². The first-order valence-corrected chi connectivity index (χ1v) is 6.32. The number of phenols is 1. The van der Waals surface area contributed by atoms with Gasteiger partial charge in [-0.25, -0.2) is 4.39 Å². The molecule has 20 heavy (non-hydrogen) atoms. The SMILES string of the molecule is Cc1ccc([C@H](N2CCNCC2)C(F)(F)F)c(O)c1F. The van der Waals surface area contributed by atoms with E-state index in [-0.39, 0.29) is 18.7 Å². The molecule has 0 aromatic heterocycles. The molecule has 1 aliphatic heterocycles. The van der Waals surface area contributed by atoms with Crippen molar-refractivity contribution < 1.29 is 22.7 Å². The van der Waals surface area contributed by atoms with Crippen LogP contribution >= 0.6 is 0 Å². The van der Waals surface area contributed by atoms with Gasteiger partial charge in [0.05, 0.1) is 0 Å². The van der Waals surface area contributed by atoms with E-state index >= 15 is 0 Å². The third-order valence-corrected chi connectivity index (χ3v) is 3.46. The van der Waals surface area contributed by atoms with E-state index in [1.807, 2.05) is 0 Å². The molecule has 2 rings (SSSR count). The summed E-state index contributed by atoms with van der Waals surface area (Å²) in [5.41, 5.74) is -0.310. The minimum atomic E-state index is -4.57. The van der Waals surface area contributed by atoms with E-state index in [1.165, 1.54) is 17.9 Å². The van der Waals surface area contributed by atoms with E-state index in [4.69, 9.17) is 0 Å². The van der Waals surface area contributed by atoms with Crippen LogP contribution in [0.5, 0.6) is 5.75 Å². The second kappa shape index (κ2) is 5.57. The number of phenolic OH excluding ortho intramolecular Hbond substituents is 1. The Morgan fingerprint density at radius 2 is 1.85 bits per heavy atom. The van der Waals surface area contributed by atoms with Crippen LogP contribution in [0, 0.1) is 12.7 Å². The van der Waals surface area contributed by atoms with E-state index in [1.54, 1.807) is 0 Å². The van der Waals surface area contributed by atoms with Gasteiger partial charge < -0.3 is 10.4 Å². The monoisotopic (exact) mass is 292 g/mol. The fraction of sp³-hybridized carbons (Fsp3) is 0.538. The fourth-order valence-electron chi connectivity index (χ4n) is 2.42. The summed E-state index contributed by atoms with van der Waals surface area (Å²) in [7, 11) is 0. The summed E-state index contributed by atoms with van der Waals surface area (Å²) in [6.07, 6.45) is -4.57. The van der Waals surface area contributed by atoms with Crippen LogP contribution in [0.25, 0.3) is 0 Å². The molecule has 1 atom stereocenters. The number of benzene rings is 1. The van der Waals surface area contributed by atoms with Crippen LogP contribution in [0.15, 0.2) is 12.1 Å². The number of halogens is 4. The molecule has 1 aliphatic rings. The Balaban J connectivity index is 2.44. The van der Waals surface area contributed by atoms with Gasteiger partial charge in [0.15, 0.2) is 11.6 Å². The lowest BCUT2D eigenvalue weighted by Crippen LogP contribution is -2.49. The molecule has 1 saturated heterocycles. The van der Waals surface area contributed by atoms with Crippen LogP contribution in [-0.4, -0.2) is 42.4 Å². The van der Waals surface area contributed by atoms with E-state index in [9.17, 15) is 22.7 Å². The number of aromatic hydroxyl groups is 1. The standard InChI is InChI=1S/C13H16F4N2O/c1-8-2-3-9(11(20)10(8)14)12(13(15,16)17)19-6-4-18-5-7-19/h2-3,12,18,20H,4-7H2,1H3/t12-/m0/s1. The van der Waals surface area contributed by atoms with Crippen LogP contribution in [0.4, 0.5) is 17.6 Å². The van der Waals surface area contributed by atoms with Crippen molar-refractivity contribution in [3.8, 4) is 5.75 Å². The van der Waals surface area contributed by atoms with Crippen LogP contribution in [0.3, 0.4) is 0 Å². The summed E-state index contributed by atoms with van der Waals surface area (Å²) in [4.78, 5) is 1.21. The van der Waals surface area contributed by atoms with Crippen molar-refractivity contribution >= 4 is 0 Å². The van der Waals surface area contributed by atoms with Crippen molar-refractivity contribution in [2.24, 2.45) is 0 Å². The Kier molecular flexibility index (Phi) is 4.19. The first kappa shape index (κ1) is 15.1. The average molecular weight is 292 g/mol. The van der Waals surface area contributed by atoms with Crippen LogP contribution in [0.1, 0.15) is 17.2 Å². The molecule has 1 aromatic rings. The van der Waals surface area contributed by atoms with Crippen molar-refractivity contribution in [2.45, 2.75) is 19.1 Å². The van der Waals surface area contributed by atoms with E-state index in [2.05, 4.69) is 5.32 Å². The number of rotatable bonds is 2. The molecule has 0 bridgehead atoms. The molecule has 0 saturated carbocycles. The van der Waals surface area contributed by atoms with Crippen LogP contribution < -0.4 is 5.32 Å². The second-order valence-electron chi connectivity index (χ2n) is 4.86. The zero-order chi connectivity index (χ0) is 14.9. The number of piperazine rings is 1. The average Bonchev–Trinajstić information content (AvgIpc) is 2.39. The third-order valence-electron chi connectivity index (χ3n) is 3.46. The number of alkyl halides is 3. The molecule has 2 N–H and O–H groups in total. The molecular formula is C13H16F4N2O. The van der Waals surface area contributed by atoms with Crippen molar-refractivity contribution in [2.75, 3.05) is 26.2 Å². The molecule has 0 spiro atoms. The Morgan fingerprint density at radius 1 is 1.25 bits per heavy atom. The molecule has 1 fully saturated rings. The Hall–Kier alpha value is -1.34. The number of hydrogen-bond donors (Lipinski definition) is 2. The quantitative estimate of drug-likeness (QED) is 0.821. The molecule has 112 valence electrons. The van der Waals surface area contributed by atoms with Gasteiger partial charge in [0.25, 0.3) is 0 Å². The number of hydrogen-bond acceptors (Lipinski definition) is 3. The Morgan fingerprint density at radius 3 is 2.40 bits per heavy atom. The van der Waals surface area contributed by atoms with E-state index < -0.39 is 29.3 Å². The molecule has 0 radical (unpaired) electrons. The van der Waals surface area contributed by atoms with Gasteiger partial charge in [0.1, 0.15) is 6.04 Å². The summed E-state index contributed by atoms with van der Waals surface area (Å²) in [5, 5.41) is 12.7. The molecule has 1 aromatic carbocycles. The molecule has 7 heteroatoms. The third kappa shape index (κ3) is 2.88. The molecular weight excluding hydrogens is 276 g/mol. The molecule has 1 heterocycles. The maximum Gasteiger partial charge on any atom is 0.408 e. The maximum absolute atomic E-state index is 13.7. The van der Waals surface area contributed by atoms with Gasteiger partial charge in [0, 0.05) is 31.7 Å². The van der Waals surface area contributed by atoms with Gasteiger partial charge in [-0.2, -0.15) is 13.2 Å². The van der Waals surface area contributed by atoms with E-state index in [0.717, 1.165) is 6.07 Å². The van der Waals surface area contributed by atoms with Gasteiger partial charge >= 0.3 is 6.18 Å². The first-order valence-electron chi connectivity index (χ1n) is 6.32. The lowest BCUT2D eigenvalue weighted by molar-refractivity contribution is -0.188.